The highest BCUT2D eigenvalue weighted by Crippen LogP contribution is 2.33. The third kappa shape index (κ3) is 6.34. The summed E-state index contributed by atoms with van der Waals surface area (Å²) in [7, 11) is 1.66. The standard InChI is InChI=1S/C29H35N3O4/c1-5-30-29(33)26-12-11-23(14-19(26)2)36-25-16-22(15-24(17-25)35-20(3)18-34-4)27-10-6-8-21-9-7-13-31-28(21)32-27/h7,9-17,19-20,26H,5-6,8,18H2,1-4H3,(H,30,33)(H,31,32)/t19?,20-,26?/m0/s1. The molecule has 190 valence electrons. The first kappa shape index (κ1) is 25.5. The van der Waals surface area contributed by atoms with Crippen LogP contribution in [0.25, 0.3) is 5.70 Å². The van der Waals surface area contributed by atoms with Crippen molar-refractivity contribution >= 4 is 17.4 Å². The third-order valence-corrected chi connectivity index (χ3v) is 6.19. The number of hydrogen-bond acceptors (Lipinski definition) is 6. The van der Waals surface area contributed by atoms with Gasteiger partial charge in [-0.3, -0.25) is 4.79 Å². The molecule has 2 aliphatic rings. The first-order valence-electron chi connectivity index (χ1n) is 12.5. The molecule has 0 spiro atoms. The van der Waals surface area contributed by atoms with E-state index >= 15 is 0 Å². The number of nitrogens with one attached hydrogen (secondary N) is 2. The van der Waals surface area contributed by atoms with E-state index in [1.807, 2.05) is 63.3 Å². The van der Waals surface area contributed by atoms with Crippen LogP contribution in [0.5, 0.6) is 11.5 Å². The molecular formula is C29H35N3O4. The summed E-state index contributed by atoms with van der Waals surface area (Å²) in [6, 6.07) is 9.95. The minimum absolute atomic E-state index is 0.0194. The van der Waals surface area contributed by atoms with Crippen LogP contribution in [-0.2, 0) is 16.0 Å². The molecule has 1 aliphatic carbocycles. The highest BCUT2D eigenvalue weighted by atomic mass is 16.5. The number of anilines is 1. The predicted octanol–water partition coefficient (Wildman–Crippen LogP) is 5.12. The molecular weight excluding hydrogens is 454 g/mol. The molecule has 0 saturated carbocycles. The van der Waals surface area contributed by atoms with E-state index in [9.17, 15) is 4.79 Å². The number of benzene rings is 1. The Bertz CT molecular complexity index is 1170. The largest absolute Gasteiger partial charge is 0.488 e. The Morgan fingerprint density at radius 2 is 2.11 bits per heavy atom. The van der Waals surface area contributed by atoms with Crippen LogP contribution < -0.4 is 20.1 Å². The number of carbonyl (C=O) groups excluding carboxylic acids is 1. The van der Waals surface area contributed by atoms with Gasteiger partial charge in [0, 0.05) is 37.2 Å². The average molecular weight is 490 g/mol. The molecule has 7 heteroatoms. The molecule has 1 aromatic heterocycles. The second-order valence-electron chi connectivity index (χ2n) is 9.18. The molecule has 1 aliphatic heterocycles. The Hall–Kier alpha value is -3.58. The number of aromatic nitrogens is 1. The lowest BCUT2D eigenvalue weighted by molar-refractivity contribution is -0.124. The normalized spacial score (nSPS) is 19.7. The van der Waals surface area contributed by atoms with Crippen molar-refractivity contribution in [1.29, 1.82) is 0 Å². The van der Waals surface area contributed by atoms with Gasteiger partial charge in [-0.1, -0.05) is 25.1 Å². The number of carbonyl (C=O) groups is 1. The van der Waals surface area contributed by atoms with Gasteiger partial charge in [-0.15, -0.1) is 0 Å². The summed E-state index contributed by atoms with van der Waals surface area (Å²) < 4.78 is 17.7. The predicted molar refractivity (Wildman–Crippen MR) is 142 cm³/mol. The minimum atomic E-state index is -0.203. The van der Waals surface area contributed by atoms with Gasteiger partial charge in [0.1, 0.15) is 29.2 Å². The van der Waals surface area contributed by atoms with Crippen molar-refractivity contribution < 1.29 is 19.0 Å². The Balaban J connectivity index is 1.60. The molecule has 0 radical (unpaired) electrons. The van der Waals surface area contributed by atoms with Gasteiger partial charge in [-0.25, -0.2) is 4.98 Å². The highest BCUT2D eigenvalue weighted by Gasteiger charge is 2.24. The summed E-state index contributed by atoms with van der Waals surface area (Å²) in [5.74, 6) is 2.75. The molecule has 2 heterocycles. The zero-order valence-electron chi connectivity index (χ0n) is 21.4. The molecule has 36 heavy (non-hydrogen) atoms. The molecule has 0 saturated heterocycles. The molecule has 2 unspecified atom stereocenters. The van der Waals surface area contributed by atoms with E-state index in [0.717, 1.165) is 29.9 Å². The van der Waals surface area contributed by atoms with Crippen molar-refractivity contribution in [3.63, 3.8) is 0 Å². The number of amides is 1. The molecule has 3 atom stereocenters. The second kappa shape index (κ2) is 11.9. The van der Waals surface area contributed by atoms with Gasteiger partial charge in [0.15, 0.2) is 0 Å². The van der Waals surface area contributed by atoms with Crippen molar-refractivity contribution in [2.45, 2.75) is 39.7 Å². The quantitative estimate of drug-likeness (QED) is 0.509. The Kier molecular flexibility index (Phi) is 8.44. The Morgan fingerprint density at radius 3 is 2.89 bits per heavy atom. The van der Waals surface area contributed by atoms with Gasteiger partial charge in [0.25, 0.3) is 0 Å². The van der Waals surface area contributed by atoms with Gasteiger partial charge in [-0.2, -0.15) is 0 Å². The number of nitrogens with zero attached hydrogens (tertiary/aromatic N) is 1. The summed E-state index contributed by atoms with van der Waals surface area (Å²) >= 11 is 0. The third-order valence-electron chi connectivity index (χ3n) is 6.19. The fourth-order valence-electron chi connectivity index (χ4n) is 4.46. The van der Waals surface area contributed by atoms with Crippen LogP contribution in [0.2, 0.25) is 0 Å². The number of pyridine rings is 1. The Morgan fingerprint density at radius 1 is 1.28 bits per heavy atom. The first-order valence-corrected chi connectivity index (χ1v) is 12.5. The number of rotatable bonds is 9. The van der Waals surface area contributed by atoms with Crippen molar-refractivity contribution in [2.24, 2.45) is 11.8 Å². The van der Waals surface area contributed by atoms with Crippen LogP contribution in [-0.4, -0.2) is 37.3 Å². The zero-order chi connectivity index (χ0) is 25.5. The fourth-order valence-corrected chi connectivity index (χ4v) is 4.46. The van der Waals surface area contributed by atoms with E-state index in [0.29, 0.717) is 30.4 Å². The number of hydrogen-bond donors (Lipinski definition) is 2. The monoisotopic (exact) mass is 489 g/mol. The van der Waals surface area contributed by atoms with E-state index in [-0.39, 0.29) is 23.8 Å². The lowest BCUT2D eigenvalue weighted by atomic mass is 9.88. The van der Waals surface area contributed by atoms with Crippen LogP contribution in [0.1, 0.15) is 38.3 Å². The van der Waals surface area contributed by atoms with Crippen LogP contribution in [0.3, 0.4) is 0 Å². The topological polar surface area (TPSA) is 81.7 Å². The van der Waals surface area contributed by atoms with Crippen LogP contribution in [0.15, 0.2) is 66.6 Å². The summed E-state index contributed by atoms with van der Waals surface area (Å²) in [4.78, 5) is 16.9. The van der Waals surface area contributed by atoms with E-state index in [2.05, 4.69) is 27.8 Å². The van der Waals surface area contributed by atoms with Gasteiger partial charge in [-0.05, 0) is 68.5 Å². The smallest absolute Gasteiger partial charge is 0.227 e. The maximum Gasteiger partial charge on any atom is 0.227 e. The number of ether oxygens (including phenoxy) is 3. The zero-order valence-corrected chi connectivity index (χ0v) is 21.4. The summed E-state index contributed by atoms with van der Waals surface area (Å²) in [5.41, 5.74) is 3.09. The van der Waals surface area contributed by atoms with E-state index < -0.39 is 0 Å². The van der Waals surface area contributed by atoms with Gasteiger partial charge in [0.05, 0.1) is 12.5 Å². The maximum atomic E-state index is 12.3. The van der Waals surface area contributed by atoms with Crippen molar-refractivity contribution in [3.8, 4) is 11.5 Å². The van der Waals surface area contributed by atoms with Crippen molar-refractivity contribution in [2.75, 3.05) is 25.6 Å². The van der Waals surface area contributed by atoms with Gasteiger partial charge in [0.2, 0.25) is 5.91 Å². The number of allylic oxidation sites excluding steroid dienone is 3. The maximum absolute atomic E-state index is 12.3. The van der Waals surface area contributed by atoms with E-state index in [1.165, 1.54) is 5.56 Å². The molecule has 2 N–H and O–H groups in total. The van der Waals surface area contributed by atoms with Crippen LogP contribution in [0, 0.1) is 11.8 Å². The van der Waals surface area contributed by atoms with Crippen molar-refractivity contribution in [1.82, 2.24) is 10.3 Å². The van der Waals surface area contributed by atoms with Gasteiger partial charge < -0.3 is 24.8 Å². The van der Waals surface area contributed by atoms with Crippen LogP contribution in [0.4, 0.5) is 5.82 Å². The summed E-state index contributed by atoms with van der Waals surface area (Å²) in [6.45, 7) is 7.01. The van der Waals surface area contributed by atoms with E-state index in [1.54, 1.807) is 13.3 Å². The SMILES string of the molecule is CCNC(=O)C1C=CC(Oc2cc(O[C@@H](C)COC)cc(C3=CCCc4cccnc4N3)c2)=CC1C. The summed E-state index contributed by atoms with van der Waals surface area (Å²) in [6.07, 6.45) is 11.4. The number of methoxy groups -OCH3 is 1. The molecule has 7 nitrogen and oxygen atoms in total. The fraction of sp³-hybridized carbons (Fsp3) is 0.379. The molecule has 1 aromatic carbocycles. The second-order valence-corrected chi connectivity index (χ2v) is 9.18. The molecule has 2 aromatic rings. The average Bonchev–Trinajstić information content (AvgIpc) is 3.07. The van der Waals surface area contributed by atoms with Crippen LogP contribution >= 0.6 is 0 Å². The molecule has 1 amide bonds. The lowest BCUT2D eigenvalue weighted by Crippen LogP contribution is -2.33. The lowest BCUT2D eigenvalue weighted by Gasteiger charge is -2.22. The molecule has 0 fully saturated rings. The van der Waals surface area contributed by atoms with E-state index in [4.69, 9.17) is 14.2 Å². The van der Waals surface area contributed by atoms with Gasteiger partial charge >= 0.3 is 0 Å². The highest BCUT2D eigenvalue weighted by molar-refractivity contribution is 5.81. The van der Waals surface area contributed by atoms with Crippen molar-refractivity contribution in [3.05, 3.63) is 77.7 Å². The number of aryl methyl sites for hydroxylation is 1. The molecule has 4 rings (SSSR count). The Labute approximate surface area is 213 Å². The first-order chi connectivity index (χ1) is 17.5. The summed E-state index contributed by atoms with van der Waals surface area (Å²) in [5, 5.41) is 6.39. The number of fused-ring (bicyclic) bond motifs is 1. The minimum Gasteiger partial charge on any atom is -0.488 e. The molecule has 0 bridgehead atoms.